The van der Waals surface area contributed by atoms with Crippen molar-refractivity contribution in [1.82, 2.24) is 4.57 Å². The number of benzene rings is 11. The van der Waals surface area contributed by atoms with Gasteiger partial charge in [0.05, 0.1) is 16.6 Å². The zero-order valence-corrected chi connectivity index (χ0v) is 59.1. The van der Waals surface area contributed by atoms with Crippen LogP contribution < -0.4 is 10.6 Å². The summed E-state index contributed by atoms with van der Waals surface area (Å²) in [6.45, 7) is 34.6. The number of aromatic nitrogens is 1. The van der Waals surface area contributed by atoms with Crippen LogP contribution in [0.1, 0.15) is 167 Å². The first-order valence-electron chi connectivity index (χ1n) is 35.1. The fraction of sp³-hybridized carbons (Fsp3) is 0.242. The summed E-state index contributed by atoms with van der Waals surface area (Å²) in [6.07, 6.45) is 11.5. The Hall–Kier alpha value is -9.56. The predicted octanol–water partition coefficient (Wildman–Crippen LogP) is 23.5. The van der Waals surface area contributed by atoms with E-state index in [2.05, 4.69) is 357 Å². The first-order chi connectivity index (χ1) is 46.0. The van der Waals surface area contributed by atoms with E-state index in [1.54, 1.807) is 5.57 Å². The van der Waals surface area contributed by atoms with Crippen molar-refractivity contribution in [1.29, 1.82) is 0 Å². The monoisotopic (exact) mass is 1250 g/mol. The number of allylic oxidation sites excluding steroid dienone is 4. The maximum absolute atomic E-state index is 2.57. The van der Waals surface area contributed by atoms with E-state index < -0.39 is 5.41 Å². The smallest absolute Gasteiger partial charge is 0.0726 e. The standard InChI is InChI=1S/C62H55N.C17H20.C16H16/c1-9-56-50(32-27-40-18-11-10-12-19-40)49-22-15-16-24-57(49)63(56)58-25-17-23-52-59(58)51-33-28-41(45-31-26-39(2)44-20-13-14-21-46(44)45)36-53(51)62(52)54-37-42(60(3,4)5)29-34-47(54)48-35-30-43(38-55(48)62)61(6,7)8;1-11-5-7-13-14-8-6-12(2)10-16(14)17(3,4)15(13)9-11;1-11-8-9-13-12-6-4-5-7-14(12)16(2,3)15(13)10-11/h9-26,28-38H,27H2,1-8H3;5-9,12H,10H2,1-4H3;4-10H,1-3H3/b50-32-,56-9+;;. The molecule has 0 aliphatic heterocycles. The highest BCUT2D eigenvalue weighted by molar-refractivity contribution is 6.03. The molecule has 1 aromatic heterocycles. The molecule has 476 valence electrons. The van der Waals surface area contributed by atoms with Crippen molar-refractivity contribution >= 4 is 39.4 Å². The minimum atomic E-state index is -0.550. The summed E-state index contributed by atoms with van der Waals surface area (Å²) in [4.78, 5) is 0. The Balaban J connectivity index is 0.000000184. The molecule has 0 saturated carbocycles. The highest BCUT2D eigenvalue weighted by atomic mass is 15.0. The van der Waals surface area contributed by atoms with Gasteiger partial charge in [0.2, 0.25) is 0 Å². The normalized spacial score (nSPS) is 16.5. The molecule has 1 unspecified atom stereocenters. The molecule has 1 spiro atoms. The van der Waals surface area contributed by atoms with Crippen molar-refractivity contribution in [2.45, 2.75) is 144 Å². The Morgan fingerprint density at radius 3 is 1.68 bits per heavy atom. The molecular formula is C95H91N. The summed E-state index contributed by atoms with van der Waals surface area (Å²) in [6, 6.07) is 85.2. The average molecular weight is 1250 g/mol. The first-order valence-corrected chi connectivity index (χ1v) is 35.1. The molecule has 0 radical (unpaired) electrons. The largest absolute Gasteiger partial charge is 0.309 e. The predicted molar refractivity (Wildman–Crippen MR) is 411 cm³/mol. The molecule has 11 aromatic carbocycles. The van der Waals surface area contributed by atoms with Gasteiger partial charge >= 0.3 is 0 Å². The maximum atomic E-state index is 2.57. The van der Waals surface area contributed by atoms with Crippen molar-refractivity contribution in [3.63, 3.8) is 0 Å². The molecule has 96 heavy (non-hydrogen) atoms. The highest BCUT2D eigenvalue weighted by Gasteiger charge is 2.53. The molecule has 0 amide bonds. The molecule has 0 bridgehead atoms. The summed E-state index contributed by atoms with van der Waals surface area (Å²) in [5.74, 6) is 0.684. The van der Waals surface area contributed by atoms with Gasteiger partial charge in [0, 0.05) is 32.3 Å². The van der Waals surface area contributed by atoms with Crippen LogP contribution in [0.4, 0.5) is 0 Å². The second-order valence-electron chi connectivity index (χ2n) is 31.4. The number of aryl methyl sites for hydroxylation is 3. The molecule has 12 aromatic rings. The van der Waals surface area contributed by atoms with Crippen molar-refractivity contribution in [3.8, 4) is 50.2 Å². The Kier molecular flexibility index (Phi) is 15.0. The Morgan fingerprint density at radius 1 is 0.458 bits per heavy atom. The van der Waals surface area contributed by atoms with E-state index >= 15 is 0 Å². The Labute approximate surface area is 571 Å². The van der Waals surface area contributed by atoms with E-state index in [1.807, 2.05) is 0 Å². The molecule has 1 nitrogen and oxygen atoms in total. The van der Waals surface area contributed by atoms with Crippen LogP contribution in [-0.2, 0) is 33.5 Å². The second-order valence-corrected chi connectivity index (χ2v) is 31.4. The summed E-state index contributed by atoms with van der Waals surface area (Å²) >= 11 is 0. The van der Waals surface area contributed by atoms with Gasteiger partial charge in [-0.1, -0.05) is 323 Å². The molecule has 1 atom stereocenters. The number of nitrogens with zero attached hydrogens (tertiary/aromatic N) is 1. The van der Waals surface area contributed by atoms with Crippen molar-refractivity contribution in [2.24, 2.45) is 5.92 Å². The van der Waals surface area contributed by atoms with E-state index in [9.17, 15) is 0 Å². The third-order valence-corrected chi connectivity index (χ3v) is 22.4. The third-order valence-electron chi connectivity index (χ3n) is 22.4. The zero-order valence-electron chi connectivity index (χ0n) is 59.1. The molecule has 0 N–H and O–H groups in total. The van der Waals surface area contributed by atoms with Crippen molar-refractivity contribution in [3.05, 3.63) is 331 Å². The molecule has 0 fully saturated rings. The quantitative estimate of drug-likeness (QED) is 0.166. The molecule has 17 rings (SSSR count). The van der Waals surface area contributed by atoms with E-state index in [-0.39, 0.29) is 21.7 Å². The van der Waals surface area contributed by atoms with Crippen LogP contribution in [0, 0.1) is 26.7 Å². The maximum Gasteiger partial charge on any atom is 0.0726 e. The zero-order chi connectivity index (χ0) is 67.0. The van der Waals surface area contributed by atoms with Crippen LogP contribution in [-0.4, -0.2) is 4.57 Å². The topological polar surface area (TPSA) is 4.93 Å². The number of hydrogen-bond acceptors (Lipinski definition) is 0. The van der Waals surface area contributed by atoms with Gasteiger partial charge < -0.3 is 4.57 Å². The van der Waals surface area contributed by atoms with E-state index in [4.69, 9.17) is 0 Å². The van der Waals surface area contributed by atoms with Crippen LogP contribution in [0.25, 0.3) is 89.6 Å². The van der Waals surface area contributed by atoms with Gasteiger partial charge in [-0.2, -0.15) is 0 Å². The lowest BCUT2D eigenvalue weighted by Crippen LogP contribution is -2.29. The van der Waals surface area contributed by atoms with Gasteiger partial charge in [-0.25, -0.2) is 0 Å². The van der Waals surface area contributed by atoms with E-state index in [0.29, 0.717) is 5.92 Å². The molecule has 1 heteroatoms. The summed E-state index contributed by atoms with van der Waals surface area (Å²) in [5, 5.41) is 6.38. The molecule has 1 heterocycles. The lowest BCUT2D eigenvalue weighted by atomic mass is 9.68. The highest BCUT2D eigenvalue weighted by Crippen LogP contribution is 2.65. The molecule has 0 saturated heterocycles. The number of hydrogen-bond donors (Lipinski definition) is 0. The van der Waals surface area contributed by atoms with Crippen LogP contribution >= 0.6 is 0 Å². The lowest BCUT2D eigenvalue weighted by molar-refractivity contribution is 0.565. The summed E-state index contributed by atoms with van der Waals surface area (Å²) in [7, 11) is 0. The lowest BCUT2D eigenvalue weighted by Gasteiger charge is -2.33. The fourth-order valence-corrected chi connectivity index (χ4v) is 17.2. The first kappa shape index (κ1) is 62.5. The van der Waals surface area contributed by atoms with Gasteiger partial charge in [0.25, 0.3) is 0 Å². The van der Waals surface area contributed by atoms with Gasteiger partial charge in [0.15, 0.2) is 0 Å². The summed E-state index contributed by atoms with van der Waals surface area (Å²) < 4.78 is 2.56. The molecular weight excluding hydrogens is 1160 g/mol. The fourth-order valence-electron chi connectivity index (χ4n) is 17.2. The number of fused-ring (bicyclic) bond motifs is 17. The van der Waals surface area contributed by atoms with Gasteiger partial charge in [-0.05, 0) is 198 Å². The molecule has 5 aliphatic carbocycles. The Morgan fingerprint density at radius 2 is 1.00 bits per heavy atom. The second kappa shape index (κ2) is 23.1. The van der Waals surface area contributed by atoms with Crippen LogP contribution in [0.5, 0.6) is 0 Å². The number of rotatable bonds is 4. The minimum absolute atomic E-state index is 0.0289. The van der Waals surface area contributed by atoms with Crippen LogP contribution in [0.2, 0.25) is 0 Å². The van der Waals surface area contributed by atoms with Gasteiger partial charge in [0.1, 0.15) is 0 Å². The summed E-state index contributed by atoms with van der Waals surface area (Å²) in [5.41, 5.74) is 35.4. The van der Waals surface area contributed by atoms with Crippen LogP contribution in [0.3, 0.4) is 0 Å². The SMILES string of the molecule is C/C=c1\c(=C/Cc2ccccc2)c2ccccc2n1-c1cccc2c1-c1ccc(-c3ccc(C)c4ccccc34)cc1C21c2cc(C(C)(C)C)ccc2-c2ccc(C(C)(C)C)cc21.Cc1ccc2c(c1)C(C)(C)C1=C2C=CC(C)C1.Cc1ccc2c(c1)C(C)(C)c1ccccc1-2. The van der Waals surface area contributed by atoms with Gasteiger partial charge in [-0.15, -0.1) is 0 Å². The number of para-hydroxylation sites is 1. The van der Waals surface area contributed by atoms with E-state index in [0.717, 1.165) is 6.42 Å². The Bertz CT molecular complexity index is 5300. The van der Waals surface area contributed by atoms with Gasteiger partial charge in [-0.3, -0.25) is 0 Å². The van der Waals surface area contributed by atoms with Crippen molar-refractivity contribution in [2.75, 3.05) is 0 Å². The third kappa shape index (κ3) is 9.92. The van der Waals surface area contributed by atoms with E-state index in [1.165, 1.54) is 172 Å². The average Bonchev–Trinajstić information content (AvgIpc) is 1.50. The minimum Gasteiger partial charge on any atom is -0.309 e. The van der Waals surface area contributed by atoms with Crippen LogP contribution in [0.15, 0.2) is 242 Å². The van der Waals surface area contributed by atoms with Crippen molar-refractivity contribution < 1.29 is 0 Å². The molecule has 5 aliphatic rings.